The number of rotatable bonds is 0. The fourth-order valence-electron chi connectivity index (χ4n) is 0. The van der Waals surface area contributed by atoms with Crippen LogP contribution >= 0.6 is 18.1 Å². The molecule has 0 amide bonds. The summed E-state index contributed by atoms with van der Waals surface area (Å²) in [7, 11) is 0. The first kappa shape index (κ1) is 5.44. The molecular weight excluding hydrogens is 112 g/mol. The molecule has 0 radical (unpaired) electrons. The number of halogens is 1. The first-order chi connectivity index (χ1) is 2.00. The van der Waals surface area contributed by atoms with E-state index in [4.69, 9.17) is 14.9 Å². The largest absolute Gasteiger partial charge is 0.328 e. The van der Waals surface area contributed by atoms with Gasteiger partial charge in [0.15, 0.2) is 0 Å². The van der Waals surface area contributed by atoms with Crippen LogP contribution in [0.2, 0.25) is 0 Å². The quantitative estimate of drug-likeness (QED) is 0.408. The van der Waals surface area contributed by atoms with Crippen LogP contribution in [0.5, 0.6) is 0 Å². The third-order valence-electron chi connectivity index (χ3n) is 0. The highest BCUT2D eigenvalue weighted by Gasteiger charge is 1.93. The second-order valence-corrected chi connectivity index (χ2v) is 2.99. The van der Waals surface area contributed by atoms with Gasteiger partial charge in [-0.2, -0.15) is 0 Å². The van der Waals surface area contributed by atoms with E-state index in [0.717, 1.165) is 0 Å². The third kappa shape index (κ3) is 137. The molecule has 5 heteroatoms. The van der Waals surface area contributed by atoms with Crippen molar-refractivity contribution in [3.05, 3.63) is 0 Å². The summed E-state index contributed by atoms with van der Waals surface area (Å²) in [6.45, 7) is -3.67. The minimum atomic E-state index is -3.67. The van der Waals surface area contributed by atoms with E-state index in [1.165, 1.54) is 0 Å². The van der Waals surface area contributed by atoms with Crippen LogP contribution in [-0.2, 0) is 0 Å². The van der Waals surface area contributed by atoms with Crippen molar-refractivity contribution >= 4 is 18.1 Å². The monoisotopic (exact) mass is 115 g/mol. The molecule has 32 valence electrons. The molecule has 0 spiro atoms. The summed E-state index contributed by atoms with van der Waals surface area (Å²) in [5.41, 5.74) is 0. The zero-order valence-corrected chi connectivity index (χ0v) is 3.87. The fourth-order valence-corrected chi connectivity index (χ4v) is 0. The Morgan fingerprint density at radius 3 is 1.60 bits per heavy atom. The molecule has 0 aliphatic carbocycles. The Hall–Kier alpha value is 0.440. The normalized spacial score (nSPS) is 11.8. The third-order valence-corrected chi connectivity index (χ3v) is 0. The molecule has 0 fully saturated rings. The van der Waals surface area contributed by atoms with E-state index >= 15 is 0 Å². The summed E-state index contributed by atoms with van der Waals surface area (Å²) in [5.74, 6) is 0. The summed E-state index contributed by atoms with van der Waals surface area (Å²) in [4.78, 5) is 15.2. The van der Waals surface area contributed by atoms with Gasteiger partial charge in [-0.3, -0.25) is 5.16 Å². The van der Waals surface area contributed by atoms with Gasteiger partial charge in [0.05, 0.1) is 0 Å². The van der Waals surface area contributed by atoms with Gasteiger partial charge in [0, 0.05) is 0 Å². The van der Waals surface area contributed by atoms with Crippen LogP contribution < -0.4 is 0 Å². The minimum absolute atomic E-state index is 3.67. The van der Waals surface area contributed by atoms with Crippen molar-refractivity contribution in [1.29, 1.82) is 5.16 Å². The predicted octanol–water partition coefficient (Wildman–Crippen LogP) is 0.735. The Kier molecular flexibility index (Phi) is 1.38. The van der Waals surface area contributed by atoms with Crippen LogP contribution in [0.25, 0.3) is 0 Å². The molecule has 0 saturated carbocycles. The summed E-state index contributed by atoms with van der Waals surface area (Å²) in [5, 5.41) is 5.93. The van der Waals surface area contributed by atoms with Crippen molar-refractivity contribution in [3.8, 4) is 0 Å². The summed E-state index contributed by atoms with van der Waals surface area (Å²) < 4.78 is 0. The highest BCUT2D eigenvalue weighted by molar-refractivity contribution is 7.80. The lowest BCUT2D eigenvalue weighted by Gasteiger charge is -1.86. The van der Waals surface area contributed by atoms with E-state index < -0.39 is 6.86 Å². The number of hydrogen-bond donors (Lipinski definition) is 3. The van der Waals surface area contributed by atoms with Gasteiger partial charge in [-0.15, -0.1) is 0 Å². The van der Waals surface area contributed by atoms with Crippen LogP contribution in [-0.4, -0.2) is 9.79 Å². The van der Waals surface area contributed by atoms with Gasteiger partial charge in [0.1, 0.15) is 0 Å². The van der Waals surface area contributed by atoms with E-state index in [2.05, 4.69) is 11.2 Å². The van der Waals surface area contributed by atoms with Crippen molar-refractivity contribution in [1.82, 2.24) is 0 Å². The Bertz CT molecular complexity index is 55.8. The lowest BCUT2D eigenvalue weighted by molar-refractivity contribution is 0.484. The van der Waals surface area contributed by atoms with Gasteiger partial charge in [0.25, 0.3) is 6.86 Å². The Labute approximate surface area is 34.0 Å². The van der Waals surface area contributed by atoms with Crippen LogP contribution in [0.4, 0.5) is 0 Å². The molecule has 0 aromatic carbocycles. The van der Waals surface area contributed by atoms with Gasteiger partial charge in [0.2, 0.25) is 0 Å². The molecule has 0 aliphatic heterocycles. The smallest absolute Gasteiger partial charge is 0.299 e. The molecular formula is H3ClNO2P. The predicted molar refractivity (Wildman–Crippen MR) is 19.9 cm³/mol. The standard InChI is InChI=1S/ClH3NO2P/c1-5(2,3)4/h(H3,2,3,4). The number of nitrogens with one attached hydrogen (secondary N) is 1. The molecule has 0 aromatic rings. The van der Waals surface area contributed by atoms with Crippen molar-refractivity contribution in [2.24, 2.45) is 0 Å². The van der Waals surface area contributed by atoms with Crippen LogP contribution in [0.15, 0.2) is 0 Å². The van der Waals surface area contributed by atoms with E-state index in [-0.39, 0.29) is 0 Å². The topological polar surface area (TPSA) is 64.3 Å². The fraction of sp³-hybridized carbons (Fsp3) is 0. The number of hydrogen-bond acceptors (Lipinski definition) is 1. The second kappa shape index (κ2) is 1.27. The van der Waals surface area contributed by atoms with Crippen molar-refractivity contribution in [2.45, 2.75) is 0 Å². The van der Waals surface area contributed by atoms with Crippen LogP contribution in [0, 0.1) is 5.16 Å². The maximum Gasteiger partial charge on any atom is 0.299 e. The minimum Gasteiger partial charge on any atom is -0.328 e. The zero-order chi connectivity index (χ0) is 4.50. The van der Waals surface area contributed by atoms with Crippen molar-refractivity contribution in [2.75, 3.05) is 0 Å². The first-order valence-corrected chi connectivity index (χ1v) is 3.39. The van der Waals surface area contributed by atoms with Gasteiger partial charge >= 0.3 is 0 Å². The summed E-state index contributed by atoms with van der Waals surface area (Å²) >= 11 is 4.42. The van der Waals surface area contributed by atoms with E-state index in [1.54, 1.807) is 0 Å². The molecule has 0 unspecified atom stereocenters. The van der Waals surface area contributed by atoms with Gasteiger partial charge in [-0.1, -0.05) is 0 Å². The Balaban J connectivity index is 3.47. The first-order valence-electron chi connectivity index (χ1n) is 0.793. The van der Waals surface area contributed by atoms with E-state index in [1.807, 2.05) is 0 Å². The van der Waals surface area contributed by atoms with Crippen molar-refractivity contribution < 1.29 is 9.79 Å². The summed E-state index contributed by atoms with van der Waals surface area (Å²) in [6.07, 6.45) is 0. The highest BCUT2D eigenvalue weighted by atomic mass is 35.7. The molecule has 0 bridgehead atoms. The zero-order valence-electron chi connectivity index (χ0n) is 2.22. The molecule has 0 heterocycles. The molecule has 3 N–H and O–H groups in total. The molecule has 3 nitrogen and oxygen atoms in total. The molecule has 5 heavy (non-hydrogen) atoms. The molecule has 0 aromatic heterocycles. The second-order valence-electron chi connectivity index (χ2n) is 0.525. The van der Waals surface area contributed by atoms with Gasteiger partial charge in [-0.05, 0) is 11.2 Å². The van der Waals surface area contributed by atoms with Gasteiger partial charge in [-0.25, -0.2) is 0 Å². The van der Waals surface area contributed by atoms with E-state index in [9.17, 15) is 0 Å². The van der Waals surface area contributed by atoms with Gasteiger partial charge < -0.3 is 9.79 Å². The lowest BCUT2D eigenvalue weighted by Crippen LogP contribution is -1.52. The van der Waals surface area contributed by atoms with E-state index in [0.29, 0.717) is 0 Å². The molecule has 0 saturated heterocycles. The Morgan fingerprint density at radius 1 is 1.60 bits per heavy atom. The maximum atomic E-state index is 7.62. The molecule has 0 atom stereocenters. The molecule has 0 rings (SSSR count). The molecule has 0 aliphatic rings. The lowest BCUT2D eigenvalue weighted by atomic mass is 14.0. The van der Waals surface area contributed by atoms with Crippen molar-refractivity contribution in [3.63, 3.8) is 0 Å². The van der Waals surface area contributed by atoms with Crippen LogP contribution in [0.1, 0.15) is 0 Å². The SMILES string of the molecule is N=P(O)(O)Cl. The average molecular weight is 115 g/mol. The Morgan fingerprint density at radius 2 is 1.60 bits per heavy atom. The highest BCUT2D eigenvalue weighted by Crippen LogP contribution is 2.40. The maximum absolute atomic E-state index is 7.62. The summed E-state index contributed by atoms with van der Waals surface area (Å²) in [6, 6.07) is 0. The van der Waals surface area contributed by atoms with Crippen LogP contribution in [0.3, 0.4) is 0 Å². The average Bonchev–Trinajstić information content (AvgIpc) is 0.722.